The molecule has 6 N–H and O–H groups in total. The van der Waals surface area contributed by atoms with Crippen molar-refractivity contribution in [1.29, 1.82) is 0 Å². The van der Waals surface area contributed by atoms with Gasteiger partial charge in [0.25, 0.3) is 0 Å². The number of benzene rings is 2. The molecule has 0 aliphatic heterocycles. The first-order chi connectivity index (χ1) is 21.4. The van der Waals surface area contributed by atoms with Gasteiger partial charge in [0.1, 0.15) is 11.6 Å². The lowest BCUT2D eigenvalue weighted by molar-refractivity contribution is -0.140. The first-order valence-electron chi connectivity index (χ1n) is 16.2. The summed E-state index contributed by atoms with van der Waals surface area (Å²) in [6.45, 7) is 13.6. The molecule has 2 aromatic carbocycles. The second-order valence-corrected chi connectivity index (χ2v) is 15.1. The van der Waals surface area contributed by atoms with E-state index in [1.165, 1.54) is 51.3 Å². The van der Waals surface area contributed by atoms with E-state index in [1.54, 1.807) is 0 Å². The molecule has 0 unspecified atom stereocenters. The summed E-state index contributed by atoms with van der Waals surface area (Å²) in [6.07, 6.45) is 6.34. The second-order valence-electron chi connectivity index (χ2n) is 15.1. The third-order valence-electron chi connectivity index (χ3n) is 9.06. The maximum atomic E-state index is 14.2. The van der Waals surface area contributed by atoms with E-state index < -0.39 is 23.6 Å². The van der Waals surface area contributed by atoms with Crippen molar-refractivity contribution >= 4 is 34.7 Å². The number of nitrogen functional groups attached to an aromatic ring is 2. The molecule has 0 amide bonds. The van der Waals surface area contributed by atoms with Crippen LogP contribution < -0.4 is 22.1 Å². The van der Waals surface area contributed by atoms with Crippen LogP contribution in [-0.4, -0.2) is 38.2 Å². The van der Waals surface area contributed by atoms with Crippen LogP contribution in [0.5, 0.6) is 0 Å². The second kappa shape index (κ2) is 16.5. The van der Waals surface area contributed by atoms with Crippen LogP contribution in [0, 0.1) is 34.3 Å². The van der Waals surface area contributed by atoms with Gasteiger partial charge < -0.3 is 31.6 Å². The molecule has 4 rings (SSSR count). The van der Waals surface area contributed by atoms with E-state index in [2.05, 4.69) is 61.6 Å². The lowest BCUT2D eigenvalue weighted by Crippen LogP contribution is -2.35. The molecule has 2 aromatic rings. The molecule has 0 spiro atoms. The average molecular weight is 661 g/mol. The van der Waals surface area contributed by atoms with Gasteiger partial charge in [-0.05, 0) is 85.5 Å². The first-order valence-corrected chi connectivity index (χ1v) is 16.2. The summed E-state index contributed by atoms with van der Waals surface area (Å²) in [6, 6.07) is 6.38. The maximum Gasteiger partial charge on any atom is 0.310 e. The normalized spacial score (nSPS) is 22.9. The van der Waals surface area contributed by atoms with Crippen LogP contribution in [0.3, 0.4) is 0 Å². The number of hydrogen-bond donors (Lipinski definition) is 4. The molecule has 2 aliphatic carbocycles. The summed E-state index contributed by atoms with van der Waals surface area (Å²) in [7, 11) is 2.57. The largest absolute Gasteiger partial charge is 0.469 e. The number of methoxy groups -OCH3 is 2. The van der Waals surface area contributed by atoms with Crippen LogP contribution in [-0.2, 0) is 31.9 Å². The number of ether oxygens (including phenoxy) is 2. The standard InChI is InChI=1S/2C18H27FN2O2.CH4/c2*1-11-5-13(10-18(2,3)9-11)21-16-8-14(19)12(6-15(16)20)7-17(22)23-4;/h2*6,8,11,13,21H,5,7,9-10,20H2,1-4H3;1H4/t2*11-,13+;/m10./s1. The fourth-order valence-corrected chi connectivity index (χ4v) is 7.60. The first kappa shape index (κ1) is 39.6. The van der Waals surface area contributed by atoms with Crippen LogP contribution in [0.2, 0.25) is 0 Å². The Labute approximate surface area is 280 Å². The highest BCUT2D eigenvalue weighted by atomic mass is 19.1. The van der Waals surface area contributed by atoms with Crippen molar-refractivity contribution in [3.05, 3.63) is 47.0 Å². The minimum atomic E-state index is -0.480. The predicted molar refractivity (Wildman–Crippen MR) is 188 cm³/mol. The summed E-state index contributed by atoms with van der Waals surface area (Å²) in [5, 5.41) is 6.78. The lowest BCUT2D eigenvalue weighted by Gasteiger charge is -2.39. The molecule has 264 valence electrons. The molecule has 2 aliphatic rings. The minimum Gasteiger partial charge on any atom is -0.469 e. The zero-order chi connectivity index (χ0) is 34.4. The Hall–Kier alpha value is -3.56. The van der Waals surface area contributed by atoms with E-state index in [0.717, 1.165) is 25.7 Å². The molecule has 10 heteroatoms. The molecule has 4 atom stereocenters. The van der Waals surface area contributed by atoms with Crippen molar-refractivity contribution in [2.45, 2.75) is 112 Å². The van der Waals surface area contributed by atoms with Gasteiger partial charge >= 0.3 is 11.9 Å². The minimum absolute atomic E-state index is 0. The van der Waals surface area contributed by atoms with Crippen molar-refractivity contribution in [2.75, 3.05) is 36.3 Å². The number of carbonyl (C=O) groups excluding carboxylic acids is 2. The number of halogens is 2. The van der Waals surface area contributed by atoms with Crippen molar-refractivity contribution in [2.24, 2.45) is 22.7 Å². The van der Waals surface area contributed by atoms with Crippen LogP contribution in [0.15, 0.2) is 24.3 Å². The quantitative estimate of drug-likeness (QED) is 0.165. The molecule has 0 bridgehead atoms. The van der Waals surface area contributed by atoms with E-state index in [4.69, 9.17) is 11.5 Å². The van der Waals surface area contributed by atoms with E-state index in [9.17, 15) is 18.4 Å². The molecule has 8 nitrogen and oxygen atoms in total. The van der Waals surface area contributed by atoms with Gasteiger partial charge in [0.05, 0.1) is 49.8 Å². The number of hydrogen-bond acceptors (Lipinski definition) is 8. The summed E-state index contributed by atoms with van der Waals surface area (Å²) in [5.41, 5.74) is 15.3. The summed E-state index contributed by atoms with van der Waals surface area (Å²) < 4.78 is 37.6. The molecule has 47 heavy (non-hydrogen) atoms. The highest BCUT2D eigenvalue weighted by Gasteiger charge is 2.33. The van der Waals surface area contributed by atoms with E-state index in [0.29, 0.717) is 34.6 Å². The molecular formula is C37H58F2N4O4. The number of nitrogens with two attached hydrogens (primary N) is 2. The monoisotopic (exact) mass is 660 g/mol. The Morgan fingerprint density at radius 3 is 1.36 bits per heavy atom. The number of carbonyl (C=O) groups is 2. The van der Waals surface area contributed by atoms with Crippen molar-refractivity contribution in [1.82, 2.24) is 0 Å². The Morgan fingerprint density at radius 1 is 0.723 bits per heavy atom. The summed E-state index contributed by atoms with van der Waals surface area (Å²) >= 11 is 0. The number of rotatable bonds is 8. The zero-order valence-electron chi connectivity index (χ0n) is 28.8. The van der Waals surface area contributed by atoms with Gasteiger partial charge in [-0.25, -0.2) is 8.78 Å². The van der Waals surface area contributed by atoms with Crippen molar-refractivity contribution in [3.63, 3.8) is 0 Å². The van der Waals surface area contributed by atoms with Gasteiger partial charge in [-0.2, -0.15) is 0 Å². The SMILES string of the molecule is C.COC(=O)Cc1cc(N)c(N[C@@H]2C[C@H](C)CC(C)(C)C2)cc1F.COC(=O)Cc1cc(N)c(N[C@H]2C[C@@H](C)CC(C)(C)C2)cc1F. The summed E-state index contributed by atoms with van der Waals surface area (Å²) in [5.74, 6) is -0.578. The van der Waals surface area contributed by atoms with Crippen LogP contribution in [0.25, 0.3) is 0 Å². The van der Waals surface area contributed by atoms with Gasteiger partial charge in [0.2, 0.25) is 0 Å². The number of anilines is 4. The van der Waals surface area contributed by atoms with Gasteiger partial charge in [-0.3, -0.25) is 9.59 Å². The Balaban J connectivity index is 0.000000320. The Bertz CT molecular complexity index is 1280. The zero-order valence-corrected chi connectivity index (χ0v) is 28.8. The van der Waals surface area contributed by atoms with Crippen LogP contribution in [0.1, 0.15) is 98.6 Å². The average Bonchev–Trinajstić information content (AvgIpc) is 2.92. The molecule has 0 saturated heterocycles. The highest BCUT2D eigenvalue weighted by Crippen LogP contribution is 2.41. The molecule has 2 saturated carbocycles. The molecule has 0 heterocycles. The van der Waals surface area contributed by atoms with E-state index in [1.807, 2.05) is 0 Å². The fourth-order valence-electron chi connectivity index (χ4n) is 7.60. The molecule has 2 fully saturated rings. The third kappa shape index (κ3) is 11.9. The topological polar surface area (TPSA) is 129 Å². The van der Waals surface area contributed by atoms with Gasteiger partial charge in [-0.1, -0.05) is 49.0 Å². The van der Waals surface area contributed by atoms with Gasteiger partial charge in [0, 0.05) is 23.2 Å². The van der Waals surface area contributed by atoms with E-state index in [-0.39, 0.29) is 54.3 Å². The van der Waals surface area contributed by atoms with Crippen molar-refractivity contribution < 1.29 is 27.8 Å². The maximum absolute atomic E-state index is 14.2. The number of nitrogens with one attached hydrogen (secondary N) is 2. The van der Waals surface area contributed by atoms with Crippen LogP contribution >= 0.6 is 0 Å². The fraction of sp³-hybridized carbons (Fsp3) is 0.622. The smallest absolute Gasteiger partial charge is 0.310 e. The van der Waals surface area contributed by atoms with Gasteiger partial charge in [-0.15, -0.1) is 0 Å². The number of esters is 2. The molecular weight excluding hydrogens is 602 g/mol. The lowest BCUT2D eigenvalue weighted by atomic mass is 9.70. The molecule has 0 aromatic heterocycles. The van der Waals surface area contributed by atoms with Gasteiger partial charge in [0.15, 0.2) is 0 Å². The van der Waals surface area contributed by atoms with E-state index >= 15 is 0 Å². The summed E-state index contributed by atoms with van der Waals surface area (Å²) in [4.78, 5) is 22.6. The Kier molecular flexibility index (Phi) is 13.9. The predicted octanol–water partition coefficient (Wildman–Crippen LogP) is 8.14. The third-order valence-corrected chi connectivity index (χ3v) is 9.06. The van der Waals surface area contributed by atoms with Crippen LogP contribution in [0.4, 0.5) is 31.5 Å². The highest BCUT2D eigenvalue weighted by molar-refractivity contribution is 5.76. The Morgan fingerprint density at radius 2 is 1.06 bits per heavy atom. The van der Waals surface area contributed by atoms with Crippen molar-refractivity contribution in [3.8, 4) is 0 Å². The molecule has 0 radical (unpaired) electrons.